The number of pyridine rings is 3. The van der Waals surface area contributed by atoms with Gasteiger partial charge in [-0.3, -0.25) is 9.59 Å². The number of H-pyrrole nitrogens is 2. The van der Waals surface area contributed by atoms with E-state index in [0.717, 1.165) is 102 Å². The van der Waals surface area contributed by atoms with Gasteiger partial charge in [0.15, 0.2) is 10.9 Å². The standard InChI is InChI=1S/C22H19ClFNO2.C21H18Cl2N2O2/c1-13-21(22(26)17-4-2-3-5-20(17)25-13)14-6-8-15(9-7-14)27-16-10-11-19(24)18(23)12-16;1-12-20(21(26)16-4-2-3-5-17(16)24-12)13-6-8-14(9-7-13)27-15-10-18(22)25-19(23)11-15/h6-12H,2-5H2,1H3,(H,25,26);6-11H,2-5H2,1H3,(H,24,26). The fourth-order valence-electron chi connectivity index (χ4n) is 7.20. The first kappa shape index (κ1) is 37.4. The number of nitrogens with zero attached hydrogens (tertiary/aromatic N) is 1. The Kier molecular flexibility index (Phi) is 11.2. The number of nitrogens with one attached hydrogen (secondary N) is 2. The highest BCUT2D eigenvalue weighted by atomic mass is 35.5. The van der Waals surface area contributed by atoms with E-state index in [4.69, 9.17) is 44.3 Å². The van der Waals surface area contributed by atoms with Crippen LogP contribution in [0.3, 0.4) is 0 Å². The monoisotopic (exact) mass is 783 g/mol. The Balaban J connectivity index is 0.000000167. The Labute approximate surface area is 327 Å². The lowest BCUT2D eigenvalue weighted by molar-refractivity contribution is 0.480. The molecule has 7 nitrogen and oxygen atoms in total. The van der Waals surface area contributed by atoms with E-state index in [-0.39, 0.29) is 26.2 Å². The molecule has 3 heterocycles. The molecule has 0 fully saturated rings. The van der Waals surface area contributed by atoms with E-state index >= 15 is 0 Å². The number of ether oxygens (including phenoxy) is 2. The van der Waals surface area contributed by atoms with E-state index in [2.05, 4.69) is 15.0 Å². The molecule has 3 aromatic carbocycles. The van der Waals surface area contributed by atoms with Crippen LogP contribution in [0.5, 0.6) is 23.0 Å². The molecule has 11 heteroatoms. The Morgan fingerprint density at radius 1 is 0.574 bits per heavy atom. The van der Waals surface area contributed by atoms with Crippen molar-refractivity contribution in [3.8, 4) is 45.3 Å². The van der Waals surface area contributed by atoms with Gasteiger partial charge in [-0.15, -0.1) is 0 Å². The molecule has 0 spiro atoms. The summed E-state index contributed by atoms with van der Waals surface area (Å²) in [7, 11) is 0. The molecule has 0 unspecified atom stereocenters. The maximum Gasteiger partial charge on any atom is 0.193 e. The van der Waals surface area contributed by atoms with Crippen molar-refractivity contribution in [2.75, 3.05) is 0 Å². The lowest BCUT2D eigenvalue weighted by Gasteiger charge is -2.18. The van der Waals surface area contributed by atoms with Crippen molar-refractivity contribution in [2.24, 2.45) is 0 Å². The molecule has 2 aliphatic rings. The number of hydrogen-bond acceptors (Lipinski definition) is 5. The Morgan fingerprint density at radius 3 is 1.46 bits per heavy atom. The average molecular weight is 785 g/mol. The average Bonchev–Trinajstić information content (AvgIpc) is 3.14. The van der Waals surface area contributed by atoms with Crippen LogP contribution in [0.1, 0.15) is 59.6 Å². The molecule has 2 N–H and O–H groups in total. The van der Waals surface area contributed by atoms with Crippen molar-refractivity contribution in [1.29, 1.82) is 0 Å². The van der Waals surface area contributed by atoms with E-state index in [1.54, 1.807) is 24.3 Å². The Bertz CT molecular complexity index is 2440. The van der Waals surface area contributed by atoms with E-state index in [1.165, 1.54) is 18.2 Å². The van der Waals surface area contributed by atoms with Crippen LogP contribution in [0.25, 0.3) is 22.3 Å². The van der Waals surface area contributed by atoms with Gasteiger partial charge >= 0.3 is 0 Å². The van der Waals surface area contributed by atoms with Crippen molar-refractivity contribution in [3.63, 3.8) is 0 Å². The van der Waals surface area contributed by atoms with Gasteiger partial charge in [0.2, 0.25) is 0 Å². The minimum absolute atomic E-state index is 0.0142. The maximum atomic E-state index is 13.3. The molecule has 0 aliphatic heterocycles. The predicted octanol–water partition coefficient (Wildman–Crippen LogP) is 11.5. The van der Waals surface area contributed by atoms with Crippen molar-refractivity contribution in [3.05, 3.63) is 154 Å². The molecule has 3 aromatic heterocycles. The molecule has 0 radical (unpaired) electrons. The second-order valence-corrected chi connectivity index (χ2v) is 14.7. The highest BCUT2D eigenvalue weighted by molar-refractivity contribution is 6.32. The van der Waals surface area contributed by atoms with Crippen LogP contribution >= 0.6 is 34.8 Å². The molecule has 276 valence electrons. The summed E-state index contributed by atoms with van der Waals surface area (Å²) in [5.74, 6) is 1.70. The van der Waals surface area contributed by atoms with Gasteiger partial charge in [-0.25, -0.2) is 9.37 Å². The van der Waals surface area contributed by atoms with Crippen LogP contribution in [0.4, 0.5) is 4.39 Å². The smallest absolute Gasteiger partial charge is 0.193 e. The summed E-state index contributed by atoms with van der Waals surface area (Å²) in [5.41, 5.74) is 9.27. The highest BCUT2D eigenvalue weighted by Gasteiger charge is 2.20. The van der Waals surface area contributed by atoms with Gasteiger partial charge in [0.1, 0.15) is 39.1 Å². The molecule has 6 aromatic rings. The molecule has 0 saturated heterocycles. The second kappa shape index (κ2) is 16.2. The van der Waals surface area contributed by atoms with Gasteiger partial charge in [0, 0.05) is 63.2 Å². The van der Waals surface area contributed by atoms with Gasteiger partial charge in [-0.05, 0) is 113 Å². The van der Waals surface area contributed by atoms with E-state index in [1.807, 2.05) is 50.2 Å². The van der Waals surface area contributed by atoms with E-state index in [9.17, 15) is 14.0 Å². The normalized spacial score (nSPS) is 13.3. The minimum atomic E-state index is -0.485. The first-order valence-corrected chi connectivity index (χ1v) is 19.0. The fraction of sp³-hybridized carbons (Fsp3) is 0.233. The first-order valence-electron chi connectivity index (χ1n) is 17.9. The summed E-state index contributed by atoms with van der Waals surface area (Å²) in [6.45, 7) is 3.90. The third kappa shape index (κ3) is 8.26. The molecule has 8 rings (SSSR count). The summed E-state index contributed by atoms with van der Waals surface area (Å²) in [4.78, 5) is 36.7. The van der Waals surface area contributed by atoms with Gasteiger partial charge in [0.25, 0.3) is 0 Å². The summed E-state index contributed by atoms with van der Waals surface area (Å²) in [5, 5.41) is 0.552. The summed E-state index contributed by atoms with van der Waals surface area (Å²) >= 11 is 17.6. The number of rotatable bonds is 6. The van der Waals surface area contributed by atoms with Gasteiger partial charge in [0.05, 0.1) is 5.02 Å². The van der Waals surface area contributed by atoms with Gasteiger partial charge in [-0.2, -0.15) is 0 Å². The number of hydrogen-bond donors (Lipinski definition) is 2. The highest BCUT2D eigenvalue weighted by Crippen LogP contribution is 2.31. The number of aryl methyl sites for hydroxylation is 4. The molecular formula is C43H37Cl3FN3O4. The number of benzene rings is 3. The lowest BCUT2D eigenvalue weighted by atomic mass is 9.91. The molecule has 0 atom stereocenters. The van der Waals surface area contributed by atoms with Crippen LogP contribution in [0.2, 0.25) is 15.3 Å². The van der Waals surface area contributed by atoms with Crippen LogP contribution in [-0.4, -0.2) is 15.0 Å². The minimum Gasteiger partial charge on any atom is -0.457 e. The van der Waals surface area contributed by atoms with Crippen LogP contribution in [0.15, 0.2) is 88.5 Å². The molecule has 0 saturated carbocycles. The predicted molar refractivity (Wildman–Crippen MR) is 214 cm³/mol. The molecule has 2 aliphatic carbocycles. The van der Waals surface area contributed by atoms with E-state index < -0.39 is 5.82 Å². The third-order valence-corrected chi connectivity index (χ3v) is 10.4. The first-order chi connectivity index (χ1) is 26.0. The van der Waals surface area contributed by atoms with Gasteiger partial charge < -0.3 is 19.4 Å². The fourth-order valence-corrected chi connectivity index (χ4v) is 7.81. The second-order valence-electron chi connectivity index (χ2n) is 13.5. The van der Waals surface area contributed by atoms with Crippen LogP contribution in [0, 0.1) is 19.7 Å². The van der Waals surface area contributed by atoms with Gasteiger partial charge in [-0.1, -0.05) is 59.1 Å². The quantitative estimate of drug-likeness (QED) is 0.164. The summed E-state index contributed by atoms with van der Waals surface area (Å²) in [6.07, 6.45) is 7.98. The summed E-state index contributed by atoms with van der Waals surface area (Å²) < 4.78 is 24.8. The van der Waals surface area contributed by atoms with Crippen LogP contribution < -0.4 is 20.3 Å². The summed E-state index contributed by atoms with van der Waals surface area (Å²) in [6, 6.07) is 22.2. The number of aromatic amines is 2. The van der Waals surface area contributed by atoms with Crippen molar-refractivity contribution in [1.82, 2.24) is 15.0 Å². The molecule has 0 amide bonds. The zero-order valence-corrected chi connectivity index (χ0v) is 32.0. The molecule has 0 bridgehead atoms. The zero-order valence-electron chi connectivity index (χ0n) is 29.8. The largest absolute Gasteiger partial charge is 0.457 e. The topological polar surface area (TPSA) is 97.1 Å². The van der Waals surface area contributed by atoms with Crippen molar-refractivity contribution < 1.29 is 13.9 Å². The Morgan fingerprint density at radius 2 is 1.00 bits per heavy atom. The van der Waals surface area contributed by atoms with Crippen LogP contribution in [-0.2, 0) is 25.7 Å². The number of aromatic nitrogens is 3. The molecule has 54 heavy (non-hydrogen) atoms. The SMILES string of the molecule is Cc1[nH]c2c(c(=O)c1-c1ccc(Oc3cc(Cl)nc(Cl)c3)cc1)CCCC2.Cc1[nH]c2c(c(=O)c1-c1ccc(Oc3ccc(F)c(Cl)c3)cc1)CCCC2. The Hall–Kier alpha value is -4.89. The maximum absolute atomic E-state index is 13.3. The molecular weight excluding hydrogens is 748 g/mol. The number of fused-ring (bicyclic) bond motifs is 2. The third-order valence-electron chi connectivity index (χ3n) is 9.75. The lowest BCUT2D eigenvalue weighted by Crippen LogP contribution is -2.21. The van der Waals surface area contributed by atoms with E-state index in [0.29, 0.717) is 28.6 Å². The van der Waals surface area contributed by atoms with Crippen molar-refractivity contribution in [2.45, 2.75) is 65.2 Å². The zero-order chi connectivity index (χ0) is 37.9. The van der Waals surface area contributed by atoms with Crippen molar-refractivity contribution >= 4 is 34.8 Å². The number of halogens is 4.